The molecule has 2 N–H and O–H groups in total. The highest BCUT2D eigenvalue weighted by atomic mass is 19.4. The lowest BCUT2D eigenvalue weighted by molar-refractivity contribution is -0.138. The average Bonchev–Trinajstić information content (AvgIpc) is 2.79. The van der Waals surface area contributed by atoms with Crippen LogP contribution in [0.5, 0.6) is 0 Å². The lowest BCUT2D eigenvalue weighted by atomic mass is 9.89. The van der Waals surface area contributed by atoms with Gasteiger partial charge in [0.05, 0.1) is 5.56 Å². The maximum atomic E-state index is 13.1. The highest BCUT2D eigenvalue weighted by Gasteiger charge is 2.34. The highest BCUT2D eigenvalue weighted by Crippen LogP contribution is 2.36. The van der Waals surface area contributed by atoms with E-state index in [1.807, 2.05) is 4.57 Å². The number of hydrogen-bond acceptors (Lipinski definition) is 2. The zero-order valence-corrected chi connectivity index (χ0v) is 11.4. The van der Waals surface area contributed by atoms with Crippen molar-refractivity contribution in [2.24, 2.45) is 0 Å². The summed E-state index contributed by atoms with van der Waals surface area (Å²) in [4.78, 5) is 4.28. The van der Waals surface area contributed by atoms with Crippen molar-refractivity contribution in [3.8, 4) is 0 Å². The van der Waals surface area contributed by atoms with Crippen LogP contribution in [0.25, 0.3) is 0 Å². The van der Waals surface area contributed by atoms with E-state index in [1.54, 1.807) is 18.3 Å². The maximum Gasteiger partial charge on any atom is 0.416 e. The molecule has 21 heavy (non-hydrogen) atoms. The first-order chi connectivity index (χ1) is 9.95. The molecule has 1 aromatic heterocycles. The van der Waals surface area contributed by atoms with Gasteiger partial charge in [-0.15, -0.1) is 0 Å². The predicted molar refractivity (Wildman–Crippen MR) is 73.8 cm³/mol. The number of imidazole rings is 1. The number of nitrogens with two attached hydrogens (primary N) is 1. The van der Waals surface area contributed by atoms with Crippen LogP contribution >= 0.6 is 0 Å². The molecule has 2 heterocycles. The number of nitrogen functional groups attached to an aromatic ring is 1. The molecule has 0 radical (unpaired) electrons. The smallest absolute Gasteiger partial charge is 0.382 e. The lowest BCUT2D eigenvalue weighted by Gasteiger charge is -2.24. The van der Waals surface area contributed by atoms with Crippen LogP contribution in [0.1, 0.15) is 35.7 Å². The van der Waals surface area contributed by atoms with E-state index < -0.39 is 11.7 Å². The van der Waals surface area contributed by atoms with Crippen molar-refractivity contribution in [2.75, 3.05) is 5.73 Å². The number of hydrogen-bond donors (Lipinski definition) is 1. The third-order valence-electron chi connectivity index (χ3n) is 3.93. The second-order valence-electron chi connectivity index (χ2n) is 5.42. The Labute approximate surface area is 120 Å². The van der Waals surface area contributed by atoms with Crippen molar-refractivity contribution >= 4 is 5.82 Å². The number of fused-ring (bicyclic) bond motifs is 1. The van der Waals surface area contributed by atoms with Gasteiger partial charge in [-0.25, -0.2) is 4.98 Å². The van der Waals surface area contributed by atoms with Crippen molar-refractivity contribution in [1.29, 1.82) is 0 Å². The van der Waals surface area contributed by atoms with Gasteiger partial charge in [0, 0.05) is 18.7 Å². The molecule has 1 atom stereocenters. The van der Waals surface area contributed by atoms with Crippen LogP contribution in [0.4, 0.5) is 19.0 Å². The third-order valence-corrected chi connectivity index (χ3v) is 3.93. The second kappa shape index (κ2) is 5.09. The minimum absolute atomic E-state index is 0.0143. The van der Waals surface area contributed by atoms with Crippen LogP contribution < -0.4 is 5.73 Å². The molecule has 6 heteroatoms. The molecule has 0 spiro atoms. The summed E-state index contributed by atoms with van der Waals surface area (Å²) in [6.07, 6.45) is -0.451. The largest absolute Gasteiger partial charge is 0.416 e. The van der Waals surface area contributed by atoms with Crippen LogP contribution in [-0.4, -0.2) is 9.55 Å². The molecule has 0 bridgehead atoms. The number of aryl methyl sites for hydroxylation is 1. The number of nitrogens with zero attached hydrogens (tertiary/aromatic N) is 2. The van der Waals surface area contributed by atoms with Gasteiger partial charge >= 0.3 is 6.18 Å². The molecule has 0 aliphatic carbocycles. The van der Waals surface area contributed by atoms with Crippen LogP contribution in [0, 0.1) is 0 Å². The monoisotopic (exact) mass is 295 g/mol. The maximum absolute atomic E-state index is 13.1. The van der Waals surface area contributed by atoms with Crippen LogP contribution in [0.2, 0.25) is 0 Å². The number of aromatic nitrogens is 2. The van der Waals surface area contributed by atoms with Gasteiger partial charge in [0.2, 0.25) is 0 Å². The van der Waals surface area contributed by atoms with E-state index in [4.69, 9.17) is 5.73 Å². The number of alkyl halides is 3. The van der Waals surface area contributed by atoms with Gasteiger partial charge in [-0.05, 0) is 30.9 Å². The quantitative estimate of drug-likeness (QED) is 0.920. The molecule has 3 rings (SSSR count). The van der Waals surface area contributed by atoms with Crippen molar-refractivity contribution in [3.63, 3.8) is 0 Å². The summed E-state index contributed by atoms with van der Waals surface area (Å²) in [6, 6.07) is 5.76. The van der Waals surface area contributed by atoms with E-state index in [0.717, 1.165) is 31.3 Å². The Hall–Kier alpha value is -1.98. The third kappa shape index (κ3) is 2.75. The van der Waals surface area contributed by atoms with E-state index in [-0.39, 0.29) is 5.92 Å². The van der Waals surface area contributed by atoms with Crippen LogP contribution in [0.3, 0.4) is 0 Å². The molecular formula is C15H16F3N3. The van der Waals surface area contributed by atoms with Crippen molar-refractivity contribution in [3.05, 3.63) is 47.4 Å². The Kier molecular flexibility index (Phi) is 3.39. The van der Waals surface area contributed by atoms with Gasteiger partial charge in [0.1, 0.15) is 11.6 Å². The molecule has 0 saturated heterocycles. The summed E-state index contributed by atoms with van der Waals surface area (Å²) in [5, 5.41) is 0. The van der Waals surface area contributed by atoms with Crippen LogP contribution in [-0.2, 0) is 19.1 Å². The van der Waals surface area contributed by atoms with E-state index in [0.29, 0.717) is 17.8 Å². The fourth-order valence-corrected chi connectivity index (χ4v) is 3.03. The molecule has 1 aliphatic rings. The SMILES string of the molecule is Nc1cn2c(n1)C(Cc1ccccc1C(F)(F)F)CCC2. The summed E-state index contributed by atoms with van der Waals surface area (Å²) in [5.41, 5.74) is 5.47. The van der Waals surface area contributed by atoms with E-state index in [2.05, 4.69) is 4.98 Å². The van der Waals surface area contributed by atoms with Crippen molar-refractivity contribution in [1.82, 2.24) is 9.55 Å². The Bertz CT molecular complexity index is 646. The minimum atomic E-state index is -4.32. The van der Waals surface area contributed by atoms with Gasteiger partial charge in [0.25, 0.3) is 0 Å². The Balaban J connectivity index is 1.92. The first-order valence-corrected chi connectivity index (χ1v) is 6.93. The van der Waals surface area contributed by atoms with Gasteiger partial charge in [-0.1, -0.05) is 18.2 Å². The summed E-state index contributed by atoms with van der Waals surface area (Å²) >= 11 is 0. The molecule has 3 nitrogen and oxygen atoms in total. The van der Waals surface area contributed by atoms with E-state index in [9.17, 15) is 13.2 Å². The lowest BCUT2D eigenvalue weighted by Crippen LogP contribution is -2.19. The summed E-state index contributed by atoms with van der Waals surface area (Å²) in [7, 11) is 0. The standard InChI is InChI=1S/C15H16F3N3/c16-15(17,18)12-6-2-1-4-10(12)8-11-5-3-7-21-9-13(19)20-14(11)21/h1-2,4,6,9,11H,3,5,7-8,19H2. The molecule has 112 valence electrons. The molecule has 2 aromatic rings. The van der Waals surface area contributed by atoms with Gasteiger partial charge in [-0.3, -0.25) is 0 Å². The summed E-state index contributed by atoms with van der Waals surface area (Å²) in [6.45, 7) is 0.830. The minimum Gasteiger partial charge on any atom is -0.382 e. The number of benzene rings is 1. The molecule has 1 aliphatic heterocycles. The number of rotatable bonds is 2. The van der Waals surface area contributed by atoms with Gasteiger partial charge in [-0.2, -0.15) is 13.2 Å². The van der Waals surface area contributed by atoms with Crippen molar-refractivity contribution in [2.45, 2.75) is 37.9 Å². The zero-order chi connectivity index (χ0) is 15.0. The Morgan fingerprint density at radius 3 is 2.81 bits per heavy atom. The normalized spacial score (nSPS) is 18.5. The van der Waals surface area contributed by atoms with Gasteiger partial charge < -0.3 is 10.3 Å². The predicted octanol–water partition coefficient (Wildman–Crippen LogP) is 3.60. The Morgan fingerprint density at radius 2 is 2.05 bits per heavy atom. The first-order valence-electron chi connectivity index (χ1n) is 6.93. The zero-order valence-electron chi connectivity index (χ0n) is 11.4. The van der Waals surface area contributed by atoms with Crippen molar-refractivity contribution < 1.29 is 13.2 Å². The molecule has 0 saturated carbocycles. The fraction of sp³-hybridized carbons (Fsp3) is 0.400. The molecule has 1 unspecified atom stereocenters. The second-order valence-corrected chi connectivity index (χ2v) is 5.42. The highest BCUT2D eigenvalue weighted by molar-refractivity contribution is 5.33. The molecule has 1 aromatic carbocycles. The topological polar surface area (TPSA) is 43.8 Å². The van der Waals surface area contributed by atoms with Gasteiger partial charge in [0.15, 0.2) is 0 Å². The summed E-state index contributed by atoms with van der Waals surface area (Å²) in [5.74, 6) is 1.22. The van der Waals surface area contributed by atoms with E-state index in [1.165, 1.54) is 6.07 Å². The average molecular weight is 295 g/mol. The summed E-state index contributed by atoms with van der Waals surface area (Å²) < 4.78 is 41.1. The van der Waals surface area contributed by atoms with E-state index >= 15 is 0 Å². The molecule has 0 fully saturated rings. The van der Waals surface area contributed by atoms with Crippen LogP contribution in [0.15, 0.2) is 30.5 Å². The molecule has 0 amide bonds. The molecular weight excluding hydrogens is 279 g/mol. The first kappa shape index (κ1) is 14.0. The Morgan fingerprint density at radius 1 is 1.29 bits per heavy atom. The number of halogens is 3. The fourth-order valence-electron chi connectivity index (χ4n) is 3.03. The number of anilines is 1.